The Morgan fingerprint density at radius 3 is 1.38 bits per heavy atom. The molecule has 0 bridgehead atoms. The molecule has 0 heterocycles. The van der Waals surface area contributed by atoms with Crippen LogP contribution in [0, 0.1) is 0 Å². The van der Waals surface area contributed by atoms with Crippen molar-refractivity contribution in [3.8, 4) is 0 Å². The van der Waals surface area contributed by atoms with Gasteiger partial charge in [0.05, 0.1) is 19.0 Å². The van der Waals surface area contributed by atoms with Crippen molar-refractivity contribution in [2.24, 2.45) is 0 Å². The van der Waals surface area contributed by atoms with Crippen LogP contribution in [-0.2, 0) is 18.6 Å². The summed E-state index contributed by atoms with van der Waals surface area (Å²) in [5.41, 5.74) is 0. The Balaban J connectivity index is 0.000000222. The van der Waals surface area contributed by atoms with Gasteiger partial charge in [-0.25, -0.2) is 0 Å². The predicted molar refractivity (Wildman–Crippen MR) is 102 cm³/mol. The first-order chi connectivity index (χ1) is 10.8. The Morgan fingerprint density at radius 2 is 1.04 bits per heavy atom. The van der Waals surface area contributed by atoms with Gasteiger partial charge in [0.2, 0.25) is 0 Å². The van der Waals surface area contributed by atoms with Gasteiger partial charge in [-0.1, -0.05) is 25.2 Å². The summed E-state index contributed by atoms with van der Waals surface area (Å²) < 4.78 is 0. The molecule has 24 heavy (non-hydrogen) atoms. The van der Waals surface area contributed by atoms with Gasteiger partial charge in [-0.3, -0.25) is 0 Å². The van der Waals surface area contributed by atoms with E-state index in [0.717, 1.165) is 19.0 Å². The average Bonchev–Trinajstić information content (AvgIpc) is 3.18. The third-order valence-corrected chi connectivity index (χ3v) is 5.55. The van der Waals surface area contributed by atoms with Gasteiger partial charge in [0.25, 0.3) is 0 Å². The van der Waals surface area contributed by atoms with Gasteiger partial charge >= 0.3 is 18.6 Å². The Morgan fingerprint density at radius 1 is 0.667 bits per heavy atom. The molecule has 0 atom stereocenters. The Labute approximate surface area is 167 Å². The number of benzene rings is 2. The summed E-state index contributed by atoms with van der Waals surface area (Å²) in [5.74, 6) is 0. The van der Waals surface area contributed by atoms with Gasteiger partial charge in [0.15, 0.2) is 0 Å². The van der Waals surface area contributed by atoms with Crippen LogP contribution >= 0.6 is 0 Å². The predicted octanol–water partition coefficient (Wildman–Crippen LogP) is 0.874. The second-order valence-electron chi connectivity index (χ2n) is 5.25. The summed E-state index contributed by atoms with van der Waals surface area (Å²) in [6, 6.07) is 26.1. The van der Waals surface area contributed by atoms with E-state index in [2.05, 4.69) is 85.9 Å². The third-order valence-electron chi connectivity index (χ3n) is 3.81. The monoisotopic (exact) mass is 400 g/mol. The van der Waals surface area contributed by atoms with Gasteiger partial charge in [-0.2, -0.15) is 33.3 Å². The quantitative estimate of drug-likeness (QED) is 0.346. The van der Waals surface area contributed by atoms with E-state index in [9.17, 15) is 0 Å². The molecule has 0 nitrogen and oxygen atoms in total. The first-order valence-corrected chi connectivity index (χ1v) is 10.5. The first-order valence-electron chi connectivity index (χ1n) is 7.46. The number of fused-ring (bicyclic) bond motifs is 2. The molecule has 0 saturated carbocycles. The molecule has 0 spiro atoms. The maximum absolute atomic E-state index is 2.27. The van der Waals surface area contributed by atoms with Crippen LogP contribution in [-0.4, -0.2) is 19.0 Å². The van der Waals surface area contributed by atoms with Gasteiger partial charge in [0, 0.05) is 0 Å². The molecular weight excluding hydrogens is 383 g/mol. The zero-order chi connectivity index (χ0) is 15.4. The van der Waals surface area contributed by atoms with Crippen LogP contribution in [0.5, 0.6) is 0 Å². The van der Waals surface area contributed by atoms with Crippen LogP contribution in [0.1, 0.15) is 0 Å². The SMILES string of the molecule is C[Si]c1cc2ccccc2[cH-]1.C[Si]c1cc2ccccc2[cH-]1.[Cl-].[V+2]. The summed E-state index contributed by atoms with van der Waals surface area (Å²) in [5, 5.41) is 8.42. The number of halogens is 1. The van der Waals surface area contributed by atoms with Gasteiger partial charge in [-0.15, -0.1) is 59.3 Å². The van der Waals surface area contributed by atoms with Crippen molar-refractivity contribution in [1.82, 2.24) is 0 Å². The molecule has 0 amide bonds. The first kappa shape index (κ1) is 21.0. The van der Waals surface area contributed by atoms with Crippen LogP contribution in [0.2, 0.25) is 13.1 Å². The van der Waals surface area contributed by atoms with Crippen LogP contribution < -0.4 is 22.8 Å². The summed E-state index contributed by atoms with van der Waals surface area (Å²) >= 11 is 0. The Kier molecular flexibility index (Phi) is 8.82. The molecule has 0 fully saturated rings. The maximum Gasteiger partial charge on any atom is 2.00 e. The van der Waals surface area contributed by atoms with Crippen molar-refractivity contribution < 1.29 is 31.0 Å². The maximum atomic E-state index is 2.27. The van der Waals surface area contributed by atoms with Gasteiger partial charge in [0.1, 0.15) is 0 Å². The van der Waals surface area contributed by atoms with E-state index < -0.39 is 0 Å². The van der Waals surface area contributed by atoms with Crippen molar-refractivity contribution in [2.75, 3.05) is 0 Å². The Hall–Kier alpha value is -1.03. The Bertz CT molecular complexity index is 739. The molecule has 5 radical (unpaired) electrons. The molecule has 4 heteroatoms. The zero-order valence-electron chi connectivity index (χ0n) is 13.8. The van der Waals surface area contributed by atoms with E-state index in [4.69, 9.17) is 0 Å². The smallest absolute Gasteiger partial charge is 1.00 e. The van der Waals surface area contributed by atoms with E-state index >= 15 is 0 Å². The van der Waals surface area contributed by atoms with E-state index in [0.29, 0.717) is 0 Å². The van der Waals surface area contributed by atoms with Crippen molar-refractivity contribution >= 4 is 51.0 Å². The molecule has 0 saturated heterocycles. The topological polar surface area (TPSA) is 0 Å². The van der Waals surface area contributed by atoms with Crippen LogP contribution in [0.15, 0.2) is 72.8 Å². The minimum absolute atomic E-state index is 0. The largest absolute Gasteiger partial charge is 2.00 e. The molecule has 4 aromatic rings. The van der Waals surface area contributed by atoms with Crippen molar-refractivity contribution in [3.63, 3.8) is 0 Å². The normalized spacial score (nSPS) is 9.75. The molecule has 0 aliphatic carbocycles. The summed E-state index contributed by atoms with van der Waals surface area (Å²) in [6.45, 7) is 4.43. The van der Waals surface area contributed by atoms with Crippen molar-refractivity contribution in [1.29, 1.82) is 0 Å². The molecule has 0 N–H and O–H groups in total. The third kappa shape index (κ3) is 4.98. The molecule has 4 rings (SSSR count). The van der Waals surface area contributed by atoms with Gasteiger partial charge in [-0.05, 0) is 0 Å². The number of hydrogen-bond donors (Lipinski definition) is 0. The van der Waals surface area contributed by atoms with Crippen LogP contribution in [0.4, 0.5) is 0 Å². The summed E-state index contributed by atoms with van der Waals surface area (Å²) in [7, 11) is 1.83. The standard InChI is InChI=1S/2C10H9Si.ClH.V/c2*1-11-10-6-8-4-2-3-5-9(8)7-10;;/h2*2-7H,1H3;1H;/q2*-1;;+2/p-1. The molecule has 119 valence electrons. The van der Waals surface area contributed by atoms with Crippen molar-refractivity contribution in [2.45, 2.75) is 13.1 Å². The number of rotatable bonds is 2. The minimum Gasteiger partial charge on any atom is -1.00 e. The zero-order valence-corrected chi connectivity index (χ0v) is 17.9. The van der Waals surface area contributed by atoms with E-state index in [1.807, 2.05) is 0 Å². The molecule has 0 aromatic heterocycles. The number of hydrogen-bond acceptors (Lipinski definition) is 0. The fourth-order valence-corrected chi connectivity index (χ4v) is 3.79. The van der Waals surface area contributed by atoms with E-state index in [1.165, 1.54) is 31.9 Å². The molecular formula is C20H18ClSi2V-. The summed E-state index contributed by atoms with van der Waals surface area (Å²) in [6.07, 6.45) is 0. The molecule has 0 aliphatic rings. The fourth-order valence-electron chi connectivity index (χ4n) is 2.59. The molecule has 4 aromatic carbocycles. The molecule has 0 aliphatic heterocycles. The fraction of sp³-hybridized carbons (Fsp3) is 0.100. The van der Waals surface area contributed by atoms with Crippen molar-refractivity contribution in [3.05, 3.63) is 72.8 Å². The minimum atomic E-state index is 0. The summed E-state index contributed by atoms with van der Waals surface area (Å²) in [4.78, 5) is 0. The van der Waals surface area contributed by atoms with E-state index in [-0.39, 0.29) is 31.0 Å². The van der Waals surface area contributed by atoms with E-state index in [1.54, 1.807) is 0 Å². The van der Waals surface area contributed by atoms with Crippen LogP contribution in [0.25, 0.3) is 21.5 Å². The molecule has 0 unspecified atom stereocenters. The second-order valence-corrected chi connectivity index (χ2v) is 7.40. The average molecular weight is 401 g/mol. The van der Waals surface area contributed by atoms with Gasteiger partial charge < -0.3 is 12.4 Å². The second kappa shape index (κ2) is 10.1. The van der Waals surface area contributed by atoms with Crippen LogP contribution in [0.3, 0.4) is 0 Å².